The SMILES string of the molecule is CCC[CH2][Sn+2][CH2]CCC.CCC[CH2][Sn+2][CH2]CCC.CCOCC/C(=C/C(=O)[O-])C(=O)[O-].CCOCC/C(=C/C(=O)[O-])C(=O)[O-]. The molecule has 0 fully saturated rings. The summed E-state index contributed by atoms with van der Waals surface area (Å²) in [5.74, 6) is -6.11. The van der Waals surface area contributed by atoms with Crippen LogP contribution in [0.5, 0.6) is 0 Å². The van der Waals surface area contributed by atoms with Gasteiger partial charge in [-0.25, -0.2) is 0 Å². The number of rotatable bonds is 24. The van der Waals surface area contributed by atoms with E-state index in [4.69, 9.17) is 9.47 Å². The molecular weight excluding hydrogens is 782 g/mol. The van der Waals surface area contributed by atoms with Crippen molar-refractivity contribution in [3.63, 3.8) is 0 Å². The van der Waals surface area contributed by atoms with E-state index in [1.165, 1.54) is 51.4 Å². The summed E-state index contributed by atoms with van der Waals surface area (Å²) < 4.78 is 16.2. The van der Waals surface area contributed by atoms with Gasteiger partial charge in [0.05, 0.1) is 37.1 Å². The van der Waals surface area contributed by atoms with Crippen molar-refractivity contribution in [1.82, 2.24) is 0 Å². The van der Waals surface area contributed by atoms with E-state index in [1.807, 2.05) is 0 Å². The molecule has 0 N–H and O–H groups in total. The molecule has 0 unspecified atom stereocenters. The smallest absolute Gasteiger partial charge is 0.0676 e. The zero-order chi connectivity index (χ0) is 34.4. The zero-order valence-corrected chi connectivity index (χ0v) is 33.7. The van der Waals surface area contributed by atoms with Gasteiger partial charge >= 0.3 is 139 Å². The van der Waals surface area contributed by atoms with Crippen LogP contribution in [-0.2, 0) is 28.7 Å². The number of aliphatic carboxylic acids is 4. The maximum atomic E-state index is 10.3. The molecule has 0 amide bonds. The molecule has 0 saturated heterocycles. The Bertz CT molecular complexity index is 681. The van der Waals surface area contributed by atoms with Crippen molar-refractivity contribution in [2.24, 2.45) is 0 Å². The van der Waals surface area contributed by atoms with E-state index in [0.29, 0.717) is 25.4 Å². The summed E-state index contributed by atoms with van der Waals surface area (Å²) in [6.45, 7) is 13.9. The minimum Gasteiger partial charge on any atom is -0.545 e. The molecule has 0 saturated carbocycles. The Kier molecular flexibility index (Phi) is 47.4. The Hall–Kier alpha value is -1.12. The summed E-state index contributed by atoms with van der Waals surface area (Å²) >= 11 is 0.299. The Balaban J connectivity index is -0.000000246. The Morgan fingerprint density at radius 2 is 0.795 bits per heavy atom. The first-order chi connectivity index (χ1) is 21.0. The van der Waals surface area contributed by atoms with Crippen molar-refractivity contribution in [3.8, 4) is 0 Å². The Morgan fingerprint density at radius 3 is 0.977 bits per heavy atom. The van der Waals surface area contributed by atoms with Crippen molar-refractivity contribution in [2.45, 2.75) is 123 Å². The van der Waals surface area contributed by atoms with Gasteiger partial charge in [-0.15, -0.1) is 0 Å². The van der Waals surface area contributed by atoms with E-state index in [0.717, 1.165) is 0 Å². The van der Waals surface area contributed by atoms with Crippen molar-refractivity contribution >= 4 is 66.2 Å². The number of ether oxygens (including phenoxy) is 2. The second-order valence-electron chi connectivity index (χ2n) is 9.36. The van der Waals surface area contributed by atoms with Crippen LogP contribution in [0.4, 0.5) is 0 Å². The van der Waals surface area contributed by atoms with Crippen molar-refractivity contribution in [1.29, 1.82) is 0 Å². The third-order valence-electron chi connectivity index (χ3n) is 5.38. The molecule has 10 nitrogen and oxygen atoms in total. The molecule has 0 heterocycles. The fourth-order valence-corrected chi connectivity index (χ4v) is 11.2. The molecule has 252 valence electrons. The van der Waals surface area contributed by atoms with Crippen LogP contribution in [0.3, 0.4) is 0 Å². The Morgan fingerprint density at radius 1 is 0.523 bits per heavy atom. The van der Waals surface area contributed by atoms with E-state index >= 15 is 0 Å². The molecule has 0 aliphatic carbocycles. The molecular formula is C32H56O10Sn2. The first-order valence-corrected chi connectivity index (χ1v) is 23.9. The predicted octanol–water partition coefficient (Wildman–Crippen LogP) is 1.93. The van der Waals surface area contributed by atoms with Gasteiger partial charge in [-0.05, 0) is 50.0 Å². The summed E-state index contributed by atoms with van der Waals surface area (Å²) in [7, 11) is 0. The standard InChI is InChI=1S/2C8H12O5.4C4H9.2Sn/c2*1-2-13-4-3-6(8(11)12)5-7(9)10;4*1-3-4-2;;/h2*5H,2-4H2,1H3,(H,9,10)(H,11,12);4*1,3-4H2,2H3;;/q;;;;;;2*+2/p-4/b2*6-5-;;;;;;. The van der Waals surface area contributed by atoms with Crippen molar-refractivity contribution < 1.29 is 49.1 Å². The van der Waals surface area contributed by atoms with E-state index in [-0.39, 0.29) is 79.5 Å². The van der Waals surface area contributed by atoms with Crippen LogP contribution in [0.1, 0.15) is 106 Å². The van der Waals surface area contributed by atoms with Gasteiger partial charge in [0.2, 0.25) is 0 Å². The molecule has 0 aliphatic heterocycles. The number of carboxylic acids is 4. The monoisotopic (exact) mass is 840 g/mol. The summed E-state index contributed by atoms with van der Waals surface area (Å²) in [4.78, 5) is 40.7. The fraction of sp³-hybridized carbons (Fsp3) is 0.750. The summed E-state index contributed by atoms with van der Waals surface area (Å²) in [6, 6.07) is 0. The average Bonchev–Trinajstić information content (AvgIpc) is 2.97. The van der Waals surface area contributed by atoms with E-state index in [1.54, 1.807) is 31.6 Å². The van der Waals surface area contributed by atoms with Crippen LogP contribution < -0.4 is 20.4 Å². The molecule has 0 rings (SSSR count). The molecule has 44 heavy (non-hydrogen) atoms. The van der Waals surface area contributed by atoms with Gasteiger partial charge in [-0.1, -0.05) is 0 Å². The second-order valence-corrected chi connectivity index (χ2v) is 17.9. The minimum absolute atomic E-state index is 0.00412. The number of hydrogen-bond donors (Lipinski definition) is 0. The molecule has 12 heteroatoms. The van der Waals surface area contributed by atoms with Gasteiger partial charge in [0, 0.05) is 13.2 Å². The van der Waals surface area contributed by atoms with Gasteiger partial charge in [0.15, 0.2) is 0 Å². The second kappa shape index (κ2) is 41.9. The number of carbonyl (C=O) groups excluding carboxylic acids is 4. The number of hydrogen-bond acceptors (Lipinski definition) is 10. The molecule has 0 radical (unpaired) electrons. The fourth-order valence-electron chi connectivity index (χ4n) is 2.86. The largest absolute Gasteiger partial charge is 0.545 e. The minimum atomic E-state index is -1.55. The van der Waals surface area contributed by atoms with Crippen LogP contribution in [0, 0.1) is 0 Å². The quantitative estimate of drug-likeness (QED) is 0.0793. The topological polar surface area (TPSA) is 179 Å². The molecule has 0 spiro atoms. The summed E-state index contributed by atoms with van der Waals surface area (Å²) in [5, 5.41) is 40.7. The normalized spacial score (nSPS) is 10.4. The van der Waals surface area contributed by atoms with E-state index in [2.05, 4.69) is 27.7 Å². The van der Waals surface area contributed by atoms with Crippen LogP contribution in [0.25, 0.3) is 0 Å². The zero-order valence-electron chi connectivity index (χ0n) is 28.0. The van der Waals surface area contributed by atoms with Gasteiger partial charge in [-0.2, -0.15) is 0 Å². The maximum Gasteiger partial charge on any atom is 0.0676 e. The maximum absolute atomic E-state index is 10.3. The van der Waals surface area contributed by atoms with Crippen LogP contribution in [-0.4, -0.2) is 92.6 Å². The average molecular weight is 838 g/mol. The van der Waals surface area contributed by atoms with Crippen LogP contribution in [0.15, 0.2) is 23.3 Å². The number of carboxylic acid groups (broad SMARTS) is 4. The summed E-state index contributed by atoms with van der Waals surface area (Å²) in [5.41, 5.74) is -0.651. The van der Waals surface area contributed by atoms with Gasteiger partial charge in [0.25, 0.3) is 0 Å². The predicted molar refractivity (Wildman–Crippen MR) is 169 cm³/mol. The van der Waals surface area contributed by atoms with Gasteiger partial charge < -0.3 is 49.1 Å². The van der Waals surface area contributed by atoms with Crippen molar-refractivity contribution in [2.75, 3.05) is 26.4 Å². The molecule has 0 aromatic carbocycles. The number of unbranched alkanes of at least 4 members (excludes halogenated alkanes) is 4. The van der Waals surface area contributed by atoms with Gasteiger partial charge in [-0.3, -0.25) is 0 Å². The molecule has 0 atom stereocenters. The molecule has 0 aromatic heterocycles. The van der Waals surface area contributed by atoms with Crippen molar-refractivity contribution in [3.05, 3.63) is 23.3 Å². The third kappa shape index (κ3) is 47.8. The van der Waals surface area contributed by atoms with E-state index in [9.17, 15) is 39.6 Å². The molecule has 0 aliphatic rings. The Labute approximate surface area is 286 Å². The van der Waals surface area contributed by atoms with Gasteiger partial charge in [0.1, 0.15) is 0 Å². The first-order valence-electron chi connectivity index (χ1n) is 15.8. The third-order valence-corrected chi connectivity index (χ3v) is 13.4. The molecule has 0 aromatic rings. The first kappa shape index (κ1) is 49.8. The summed E-state index contributed by atoms with van der Waals surface area (Å²) in [6.07, 6.45) is 12.7. The molecule has 0 bridgehead atoms. The number of carbonyl (C=O) groups is 4. The van der Waals surface area contributed by atoms with E-state index < -0.39 is 23.9 Å². The van der Waals surface area contributed by atoms with Crippen LogP contribution in [0.2, 0.25) is 17.7 Å². The van der Waals surface area contributed by atoms with Crippen LogP contribution >= 0.6 is 0 Å².